The fourth-order valence-electron chi connectivity index (χ4n) is 9.05. The lowest BCUT2D eigenvalue weighted by molar-refractivity contribution is -0.729. The molecular weight excluding hydrogens is 561 g/mol. The number of aryl methyl sites for hydroxylation is 1. The Labute approximate surface area is 275 Å². The van der Waals surface area contributed by atoms with Gasteiger partial charge in [0.15, 0.2) is 18.1 Å². The van der Waals surface area contributed by atoms with Gasteiger partial charge in [-0.1, -0.05) is 102 Å². The summed E-state index contributed by atoms with van der Waals surface area (Å²) in [6, 6.07) is 14.6. The summed E-state index contributed by atoms with van der Waals surface area (Å²) in [5.74, 6) is 1.89. The van der Waals surface area contributed by atoms with Crippen LogP contribution in [-0.4, -0.2) is 8.07 Å². The van der Waals surface area contributed by atoms with Crippen LogP contribution in [0, 0.1) is 12.8 Å². The molecule has 238 valence electrons. The van der Waals surface area contributed by atoms with Gasteiger partial charge in [0.1, 0.15) is 0 Å². The molecule has 1 aromatic carbocycles. The molecule has 3 aromatic rings. The minimum Gasteiger partial charge on any atom is -0.184 e. The van der Waals surface area contributed by atoms with Crippen molar-refractivity contribution in [3.05, 3.63) is 96.0 Å². The molecule has 1 aliphatic heterocycles. The van der Waals surface area contributed by atoms with Gasteiger partial charge in [-0.25, -0.2) is 0 Å². The van der Waals surface area contributed by atoms with E-state index in [9.17, 15) is 0 Å². The van der Waals surface area contributed by atoms with Crippen molar-refractivity contribution >= 4 is 19.0 Å². The second-order valence-electron chi connectivity index (χ2n) is 15.6. The van der Waals surface area contributed by atoms with Crippen LogP contribution in [0.3, 0.4) is 0 Å². The van der Waals surface area contributed by atoms with Crippen molar-refractivity contribution < 1.29 is 9.13 Å². The molecule has 2 atom stereocenters. The second-order valence-corrected chi connectivity index (χ2v) is 20.7. The van der Waals surface area contributed by atoms with Gasteiger partial charge in [0.25, 0.3) is 0 Å². The molecule has 3 heteroatoms. The number of nitrogens with zero attached hydrogens (tertiary/aromatic N) is 2. The van der Waals surface area contributed by atoms with E-state index in [1.807, 2.05) is 0 Å². The summed E-state index contributed by atoms with van der Waals surface area (Å²) in [7, 11) is -1.63. The minimum absolute atomic E-state index is 0.168. The third-order valence-corrected chi connectivity index (χ3v) is 13.4. The average molecular weight is 619 g/mol. The third-order valence-electron chi connectivity index (χ3n) is 11.4. The van der Waals surface area contributed by atoms with Crippen molar-refractivity contribution in [1.29, 1.82) is 0 Å². The van der Waals surface area contributed by atoms with Gasteiger partial charge in [-0.15, -0.1) is 6.58 Å². The summed E-state index contributed by atoms with van der Waals surface area (Å²) in [5, 5.41) is 1.66. The molecule has 45 heavy (non-hydrogen) atoms. The number of hydrogen-bond donors (Lipinski definition) is 0. The van der Waals surface area contributed by atoms with Gasteiger partial charge in [0.2, 0.25) is 17.4 Å². The Morgan fingerprint density at radius 2 is 1.64 bits per heavy atom. The molecule has 3 aliphatic rings. The molecule has 6 rings (SSSR count). The number of allylic oxidation sites excluding steroid dienone is 2. The van der Waals surface area contributed by atoms with Crippen LogP contribution in [0.1, 0.15) is 123 Å². The number of rotatable bonds is 10. The van der Waals surface area contributed by atoms with E-state index in [2.05, 4.69) is 104 Å². The van der Waals surface area contributed by atoms with Gasteiger partial charge in [-0.2, -0.15) is 9.13 Å². The molecule has 3 heterocycles. The summed E-state index contributed by atoms with van der Waals surface area (Å²) in [4.78, 5) is 0. The quantitative estimate of drug-likeness (QED) is 0.121. The van der Waals surface area contributed by atoms with Gasteiger partial charge in [-0.3, -0.25) is 0 Å². The van der Waals surface area contributed by atoms with E-state index in [0.717, 1.165) is 25.2 Å². The van der Waals surface area contributed by atoms with Crippen molar-refractivity contribution in [2.24, 2.45) is 5.92 Å². The van der Waals surface area contributed by atoms with Crippen molar-refractivity contribution in [2.75, 3.05) is 0 Å². The van der Waals surface area contributed by atoms with Crippen LogP contribution in [0.15, 0.2) is 68.0 Å². The molecule has 2 aliphatic carbocycles. The van der Waals surface area contributed by atoms with Crippen LogP contribution >= 0.6 is 0 Å². The molecule has 2 saturated carbocycles. The highest BCUT2D eigenvalue weighted by Crippen LogP contribution is 2.44. The van der Waals surface area contributed by atoms with Gasteiger partial charge in [0, 0.05) is 28.4 Å². The highest BCUT2D eigenvalue weighted by Gasteiger charge is 2.47. The van der Waals surface area contributed by atoms with Crippen molar-refractivity contribution in [3.8, 4) is 11.3 Å². The lowest BCUT2D eigenvalue weighted by atomic mass is 9.78. The van der Waals surface area contributed by atoms with Crippen molar-refractivity contribution in [2.45, 2.75) is 135 Å². The summed E-state index contributed by atoms with van der Waals surface area (Å²) in [6.07, 6.45) is 23.9. The molecule has 0 radical (unpaired) electrons. The second kappa shape index (κ2) is 13.5. The molecule has 2 nitrogen and oxygen atoms in total. The zero-order chi connectivity index (χ0) is 31.7. The Bertz CT molecular complexity index is 1550. The molecule has 0 spiro atoms. The molecular formula is C42H58N2Si+2. The monoisotopic (exact) mass is 618 g/mol. The number of benzene rings is 1. The van der Waals surface area contributed by atoms with E-state index in [4.69, 9.17) is 6.58 Å². The van der Waals surface area contributed by atoms with Crippen molar-refractivity contribution in [1.82, 2.24) is 0 Å². The standard InChI is InChI=1S/C42H58N2Si/c1-8-17-35-25-30(3)34(26-32-19-13-14-20-32)28-43(35)31(4)42-38(18-9-2)36-23-15-16-24-37(36)40-27-39(33-21-11-10-12-22-33)41(29-44(40)42)45(5,6)7/h8,15-16,23-25,27-29,32-33,38,42H,1,4,9-14,17-22,26H2,2-3,5-7H3/q+2. The number of pyridine rings is 2. The molecule has 2 unspecified atom stereocenters. The SMILES string of the molecule is C=CCc1cc(C)c(CC2CCCC2)c[n+]1C(=C)C1C(CCC)c2ccccc2-c2cc(C3CCCCC3)c([Si](C)(C)C)c[n+]21. The Morgan fingerprint density at radius 3 is 2.33 bits per heavy atom. The molecule has 2 fully saturated rings. The van der Waals surface area contributed by atoms with Gasteiger partial charge >= 0.3 is 0 Å². The molecule has 0 saturated heterocycles. The lowest BCUT2D eigenvalue weighted by Crippen LogP contribution is -2.57. The van der Waals surface area contributed by atoms with E-state index in [-0.39, 0.29) is 6.04 Å². The molecule has 0 bridgehead atoms. The van der Waals surface area contributed by atoms with Gasteiger partial charge in [0.05, 0.1) is 20.4 Å². The molecule has 2 aromatic heterocycles. The number of aromatic nitrogens is 2. The highest BCUT2D eigenvalue weighted by atomic mass is 28.3. The van der Waals surface area contributed by atoms with Crippen LogP contribution in [0.4, 0.5) is 0 Å². The third kappa shape index (κ3) is 6.44. The summed E-state index contributed by atoms with van der Waals surface area (Å²) in [6.45, 7) is 21.5. The minimum atomic E-state index is -1.63. The van der Waals surface area contributed by atoms with Crippen LogP contribution in [-0.2, 0) is 12.8 Å². The summed E-state index contributed by atoms with van der Waals surface area (Å²) >= 11 is 0. The highest BCUT2D eigenvalue weighted by molar-refractivity contribution is 6.89. The smallest absolute Gasteiger partial charge is 0.184 e. The Morgan fingerprint density at radius 1 is 0.933 bits per heavy atom. The largest absolute Gasteiger partial charge is 0.249 e. The maximum Gasteiger partial charge on any atom is 0.249 e. The van der Waals surface area contributed by atoms with Crippen molar-refractivity contribution in [3.63, 3.8) is 0 Å². The fraction of sp³-hybridized carbons (Fsp3) is 0.524. The summed E-state index contributed by atoms with van der Waals surface area (Å²) in [5.41, 5.74) is 11.4. The normalized spacial score (nSPS) is 20.6. The van der Waals surface area contributed by atoms with Crippen LogP contribution in [0.2, 0.25) is 19.6 Å². The predicted molar refractivity (Wildman–Crippen MR) is 194 cm³/mol. The zero-order valence-electron chi connectivity index (χ0n) is 29.0. The lowest BCUT2D eigenvalue weighted by Gasteiger charge is -2.33. The number of fused-ring (bicyclic) bond motifs is 3. The Hall–Kier alpha value is -2.78. The zero-order valence-corrected chi connectivity index (χ0v) is 30.0. The van der Waals surface area contributed by atoms with Gasteiger partial charge < -0.3 is 0 Å². The first-order valence-electron chi connectivity index (χ1n) is 18.2. The van der Waals surface area contributed by atoms with E-state index in [1.165, 1.54) is 104 Å². The Balaban J connectivity index is 1.55. The van der Waals surface area contributed by atoms with E-state index in [0.29, 0.717) is 11.8 Å². The maximum atomic E-state index is 5.02. The predicted octanol–water partition coefficient (Wildman–Crippen LogP) is 9.90. The van der Waals surface area contributed by atoms with Gasteiger partial charge in [-0.05, 0) is 73.8 Å². The topological polar surface area (TPSA) is 7.76 Å². The average Bonchev–Trinajstić information content (AvgIpc) is 3.55. The molecule has 0 N–H and O–H groups in total. The van der Waals surface area contributed by atoms with Crippen LogP contribution in [0.25, 0.3) is 17.0 Å². The van der Waals surface area contributed by atoms with E-state index >= 15 is 0 Å². The first-order valence-corrected chi connectivity index (χ1v) is 21.7. The fourth-order valence-corrected chi connectivity index (χ4v) is 10.7. The van der Waals surface area contributed by atoms with Crippen LogP contribution < -0.4 is 14.3 Å². The number of hydrogen-bond acceptors (Lipinski definition) is 0. The Kier molecular flexibility index (Phi) is 9.67. The summed E-state index contributed by atoms with van der Waals surface area (Å²) < 4.78 is 5.20. The molecule has 0 amide bonds. The van der Waals surface area contributed by atoms with E-state index in [1.54, 1.807) is 10.8 Å². The first kappa shape index (κ1) is 32.2. The van der Waals surface area contributed by atoms with E-state index < -0.39 is 8.07 Å². The maximum absolute atomic E-state index is 5.02. The van der Waals surface area contributed by atoms with Crippen LogP contribution in [0.5, 0.6) is 0 Å². The first-order chi connectivity index (χ1) is 21.7.